The number of ether oxygens (including phenoxy) is 1. The Morgan fingerprint density at radius 2 is 2.29 bits per heavy atom. The van der Waals surface area contributed by atoms with Gasteiger partial charge < -0.3 is 15.8 Å². The van der Waals surface area contributed by atoms with Gasteiger partial charge >= 0.3 is 0 Å². The number of nitrogens with two attached hydrogens (primary N) is 1. The normalized spacial score (nSPS) is 27.4. The fourth-order valence-corrected chi connectivity index (χ4v) is 4.30. The van der Waals surface area contributed by atoms with Crippen LogP contribution in [0.25, 0.3) is 0 Å². The molecule has 0 amide bonds. The van der Waals surface area contributed by atoms with Gasteiger partial charge in [0.1, 0.15) is 5.60 Å². The smallest absolute Gasteiger partial charge is 0.188 e. The maximum Gasteiger partial charge on any atom is 0.188 e. The van der Waals surface area contributed by atoms with Gasteiger partial charge in [0, 0.05) is 17.3 Å². The minimum Gasteiger partial charge on any atom is -0.370 e. The minimum atomic E-state index is -0.327. The second kappa shape index (κ2) is 6.36. The van der Waals surface area contributed by atoms with Crippen LogP contribution in [-0.4, -0.2) is 25.2 Å². The summed E-state index contributed by atoms with van der Waals surface area (Å²) in [5.74, 6) is 0.564. The van der Waals surface area contributed by atoms with Crippen molar-refractivity contribution in [2.75, 3.05) is 13.2 Å². The lowest BCUT2D eigenvalue weighted by atomic mass is 9.93. The Kier molecular flexibility index (Phi) is 4.50. The van der Waals surface area contributed by atoms with Gasteiger partial charge in [-0.25, -0.2) is 0 Å². The predicted molar refractivity (Wildman–Crippen MR) is 87.8 cm³/mol. The summed E-state index contributed by atoms with van der Waals surface area (Å²) < 4.78 is 6.01. The maximum atomic E-state index is 6.06. The molecule has 2 heterocycles. The van der Waals surface area contributed by atoms with E-state index in [4.69, 9.17) is 10.5 Å². The Morgan fingerprint density at radius 1 is 1.48 bits per heavy atom. The topological polar surface area (TPSA) is 59.6 Å². The third kappa shape index (κ3) is 3.40. The summed E-state index contributed by atoms with van der Waals surface area (Å²) in [6.07, 6.45) is 7.37. The van der Waals surface area contributed by atoms with Gasteiger partial charge in [-0.3, -0.25) is 4.99 Å². The molecular formula is C16H25N3OS. The van der Waals surface area contributed by atoms with E-state index in [9.17, 15) is 0 Å². The molecule has 0 bridgehead atoms. The summed E-state index contributed by atoms with van der Waals surface area (Å²) in [5.41, 5.74) is 7.02. The molecule has 0 aromatic carbocycles. The Bertz CT molecular complexity index is 507. The second-order valence-electron chi connectivity index (χ2n) is 6.27. The lowest BCUT2D eigenvalue weighted by molar-refractivity contribution is -0.0375. The third-order valence-corrected chi connectivity index (χ3v) is 5.55. The van der Waals surface area contributed by atoms with Crippen LogP contribution < -0.4 is 11.1 Å². The molecule has 1 aliphatic heterocycles. The van der Waals surface area contributed by atoms with Crippen LogP contribution in [0.4, 0.5) is 0 Å². The summed E-state index contributed by atoms with van der Waals surface area (Å²) in [4.78, 5) is 5.98. The molecule has 1 atom stereocenters. The number of guanidine groups is 1. The summed E-state index contributed by atoms with van der Waals surface area (Å²) in [7, 11) is 0. The first-order valence-corrected chi connectivity index (χ1v) is 8.83. The second-order valence-corrected chi connectivity index (χ2v) is 7.27. The van der Waals surface area contributed by atoms with Crippen molar-refractivity contribution in [3.05, 3.63) is 21.9 Å². The number of nitrogens with zero attached hydrogens (tertiary/aromatic N) is 1. The van der Waals surface area contributed by atoms with Crippen LogP contribution in [0, 0.1) is 0 Å². The van der Waals surface area contributed by atoms with Gasteiger partial charge in [0.05, 0.1) is 13.2 Å². The molecule has 1 unspecified atom stereocenters. The summed E-state index contributed by atoms with van der Waals surface area (Å²) in [5, 5.41) is 5.51. The lowest BCUT2D eigenvalue weighted by Crippen LogP contribution is -2.42. The number of thiophene rings is 1. The quantitative estimate of drug-likeness (QED) is 0.667. The Hall–Kier alpha value is -1.07. The van der Waals surface area contributed by atoms with Crippen LogP contribution in [0.5, 0.6) is 0 Å². The molecule has 1 fully saturated rings. The van der Waals surface area contributed by atoms with Crippen molar-refractivity contribution >= 4 is 17.3 Å². The molecule has 2 aliphatic rings. The minimum absolute atomic E-state index is 0.327. The van der Waals surface area contributed by atoms with Crippen LogP contribution >= 0.6 is 11.3 Å². The van der Waals surface area contributed by atoms with Crippen molar-refractivity contribution in [1.29, 1.82) is 0 Å². The highest BCUT2D eigenvalue weighted by Crippen LogP contribution is 2.36. The van der Waals surface area contributed by atoms with E-state index in [-0.39, 0.29) is 5.60 Å². The third-order valence-electron chi connectivity index (χ3n) is 4.57. The zero-order chi connectivity index (χ0) is 14.7. The van der Waals surface area contributed by atoms with Crippen LogP contribution in [0.2, 0.25) is 0 Å². The molecule has 4 nitrogen and oxygen atoms in total. The number of nitrogens with one attached hydrogen (secondary N) is 1. The van der Waals surface area contributed by atoms with E-state index in [2.05, 4.69) is 28.7 Å². The summed E-state index contributed by atoms with van der Waals surface area (Å²) in [6.45, 7) is 3.48. The number of rotatable bonds is 3. The van der Waals surface area contributed by atoms with Crippen molar-refractivity contribution in [1.82, 2.24) is 5.32 Å². The van der Waals surface area contributed by atoms with Crippen molar-refractivity contribution in [2.24, 2.45) is 10.7 Å². The summed E-state index contributed by atoms with van der Waals surface area (Å²) in [6, 6.07) is 2.67. The van der Waals surface area contributed by atoms with Gasteiger partial charge in [-0.2, -0.15) is 0 Å². The van der Waals surface area contributed by atoms with Crippen molar-refractivity contribution < 1.29 is 4.74 Å². The molecule has 1 aliphatic carbocycles. The molecule has 21 heavy (non-hydrogen) atoms. The van der Waals surface area contributed by atoms with E-state index in [1.807, 2.05) is 11.3 Å². The summed E-state index contributed by atoms with van der Waals surface area (Å²) >= 11 is 1.82. The van der Waals surface area contributed by atoms with Gasteiger partial charge in [0.25, 0.3) is 0 Å². The zero-order valence-corrected chi connectivity index (χ0v) is 13.5. The molecule has 1 aromatic heterocycles. The van der Waals surface area contributed by atoms with E-state index in [1.165, 1.54) is 42.5 Å². The van der Waals surface area contributed by atoms with Gasteiger partial charge in [-0.1, -0.05) is 19.3 Å². The highest BCUT2D eigenvalue weighted by molar-refractivity contribution is 7.10. The first-order chi connectivity index (χ1) is 10.2. The maximum absolute atomic E-state index is 6.06. The van der Waals surface area contributed by atoms with E-state index < -0.39 is 0 Å². The average Bonchev–Trinajstić information content (AvgIpc) is 2.97. The molecule has 1 saturated carbocycles. The fraction of sp³-hybridized carbons (Fsp3) is 0.688. The Morgan fingerprint density at radius 3 is 3.10 bits per heavy atom. The molecule has 5 heteroatoms. The monoisotopic (exact) mass is 307 g/mol. The van der Waals surface area contributed by atoms with Crippen molar-refractivity contribution in [2.45, 2.75) is 57.1 Å². The number of aliphatic imine (C=N–C) groups is 1. The van der Waals surface area contributed by atoms with E-state index >= 15 is 0 Å². The van der Waals surface area contributed by atoms with Gasteiger partial charge in [-0.05, 0) is 36.8 Å². The molecule has 3 rings (SSSR count). The molecule has 0 spiro atoms. The van der Waals surface area contributed by atoms with E-state index in [1.54, 1.807) is 0 Å². The molecule has 1 aromatic rings. The highest BCUT2D eigenvalue weighted by Gasteiger charge is 2.34. The number of fused-ring (bicyclic) bond motifs is 1. The van der Waals surface area contributed by atoms with Crippen LogP contribution in [-0.2, 0) is 16.8 Å². The lowest BCUT2D eigenvalue weighted by Gasteiger charge is -2.33. The van der Waals surface area contributed by atoms with E-state index in [0.29, 0.717) is 18.5 Å². The Balaban J connectivity index is 1.62. The van der Waals surface area contributed by atoms with Crippen molar-refractivity contribution in [3.8, 4) is 0 Å². The standard InChI is InChI=1S/C16H25N3OS/c1-16(13-8-10-21-14(13)7-9-20-16)11-18-15(17)19-12-5-3-2-4-6-12/h8,10,12H,2-7,9,11H2,1H3,(H3,17,18,19). The van der Waals surface area contributed by atoms with Crippen LogP contribution in [0.15, 0.2) is 16.4 Å². The highest BCUT2D eigenvalue weighted by atomic mass is 32.1. The first-order valence-electron chi connectivity index (χ1n) is 7.95. The van der Waals surface area contributed by atoms with Crippen LogP contribution in [0.3, 0.4) is 0 Å². The Labute approximate surface area is 130 Å². The number of hydrogen-bond donors (Lipinski definition) is 2. The largest absolute Gasteiger partial charge is 0.370 e. The molecule has 116 valence electrons. The number of hydrogen-bond acceptors (Lipinski definition) is 3. The molecular weight excluding hydrogens is 282 g/mol. The van der Waals surface area contributed by atoms with Crippen LogP contribution in [0.1, 0.15) is 49.5 Å². The average molecular weight is 307 g/mol. The molecule has 3 N–H and O–H groups in total. The SMILES string of the molecule is CC1(CN=C(N)NC2CCCCC2)OCCc2sccc21. The zero-order valence-electron chi connectivity index (χ0n) is 12.7. The van der Waals surface area contributed by atoms with E-state index in [0.717, 1.165) is 13.0 Å². The van der Waals surface area contributed by atoms with Gasteiger partial charge in [-0.15, -0.1) is 11.3 Å². The van der Waals surface area contributed by atoms with Gasteiger partial charge in [0.2, 0.25) is 0 Å². The predicted octanol–water partition coefficient (Wildman–Crippen LogP) is 2.77. The fourth-order valence-electron chi connectivity index (χ4n) is 3.32. The van der Waals surface area contributed by atoms with Gasteiger partial charge in [0.15, 0.2) is 5.96 Å². The first kappa shape index (κ1) is 14.9. The molecule has 0 radical (unpaired) electrons. The molecule has 0 saturated heterocycles. The van der Waals surface area contributed by atoms with Crippen molar-refractivity contribution in [3.63, 3.8) is 0 Å².